The standard InChI is InChI=1S/C22H21ClN2O2/c1-4-16-7-5-6-8-21(16)25-14(2)11-17(15(25)3)13-24-18-9-10-19(22(26)27)20(23)12-18/h5-13H,4H2,1-3H3,(H,26,27). The van der Waals surface area contributed by atoms with Crippen LogP contribution in [-0.2, 0) is 6.42 Å². The monoisotopic (exact) mass is 380 g/mol. The van der Waals surface area contributed by atoms with Crippen molar-refractivity contribution >= 4 is 29.5 Å². The van der Waals surface area contributed by atoms with Crippen molar-refractivity contribution in [2.45, 2.75) is 27.2 Å². The van der Waals surface area contributed by atoms with E-state index in [2.05, 4.69) is 54.6 Å². The van der Waals surface area contributed by atoms with Crippen LogP contribution in [0.25, 0.3) is 5.69 Å². The van der Waals surface area contributed by atoms with Gasteiger partial charge in [-0.05, 0) is 56.2 Å². The topological polar surface area (TPSA) is 54.6 Å². The summed E-state index contributed by atoms with van der Waals surface area (Å²) in [6.45, 7) is 6.30. The second kappa shape index (κ2) is 7.80. The van der Waals surface area contributed by atoms with Gasteiger partial charge in [0.25, 0.3) is 0 Å². The van der Waals surface area contributed by atoms with E-state index >= 15 is 0 Å². The molecule has 3 rings (SSSR count). The minimum Gasteiger partial charge on any atom is -0.478 e. The summed E-state index contributed by atoms with van der Waals surface area (Å²) in [5.74, 6) is -1.05. The van der Waals surface area contributed by atoms with Gasteiger partial charge in [0.15, 0.2) is 0 Å². The first-order valence-corrected chi connectivity index (χ1v) is 9.14. The van der Waals surface area contributed by atoms with Gasteiger partial charge in [-0.1, -0.05) is 36.7 Å². The fraction of sp³-hybridized carbons (Fsp3) is 0.182. The van der Waals surface area contributed by atoms with Crippen molar-refractivity contribution in [2.24, 2.45) is 4.99 Å². The van der Waals surface area contributed by atoms with Crippen molar-refractivity contribution < 1.29 is 9.90 Å². The van der Waals surface area contributed by atoms with Crippen LogP contribution in [0.1, 0.15) is 39.8 Å². The summed E-state index contributed by atoms with van der Waals surface area (Å²) in [6, 6.07) is 15.2. The van der Waals surface area contributed by atoms with Gasteiger partial charge < -0.3 is 9.67 Å². The molecule has 0 bridgehead atoms. The molecule has 0 saturated heterocycles. The van der Waals surface area contributed by atoms with Gasteiger partial charge in [-0.2, -0.15) is 0 Å². The van der Waals surface area contributed by atoms with E-state index in [-0.39, 0.29) is 10.6 Å². The maximum atomic E-state index is 11.1. The molecule has 138 valence electrons. The van der Waals surface area contributed by atoms with Crippen molar-refractivity contribution in [1.29, 1.82) is 0 Å². The number of nitrogens with zero attached hydrogens (tertiary/aromatic N) is 2. The highest BCUT2D eigenvalue weighted by Gasteiger charge is 2.12. The lowest BCUT2D eigenvalue weighted by molar-refractivity contribution is 0.0697. The van der Waals surface area contributed by atoms with Gasteiger partial charge in [0, 0.05) is 28.9 Å². The Labute approximate surface area is 163 Å². The molecule has 3 aromatic rings. The Morgan fingerprint density at radius 1 is 1.19 bits per heavy atom. The fourth-order valence-electron chi connectivity index (χ4n) is 3.22. The van der Waals surface area contributed by atoms with Gasteiger partial charge in [0.1, 0.15) is 0 Å². The molecule has 0 atom stereocenters. The lowest BCUT2D eigenvalue weighted by Crippen LogP contribution is -2.03. The summed E-state index contributed by atoms with van der Waals surface area (Å²) in [6.07, 6.45) is 2.75. The molecule has 0 amide bonds. The summed E-state index contributed by atoms with van der Waals surface area (Å²) in [5, 5.41) is 9.24. The normalized spacial score (nSPS) is 11.3. The van der Waals surface area contributed by atoms with E-state index < -0.39 is 5.97 Å². The molecule has 2 aromatic carbocycles. The van der Waals surface area contributed by atoms with E-state index in [4.69, 9.17) is 16.7 Å². The molecule has 0 aliphatic carbocycles. The summed E-state index contributed by atoms with van der Waals surface area (Å²) >= 11 is 6.02. The Balaban J connectivity index is 1.97. The van der Waals surface area contributed by atoms with E-state index in [0.717, 1.165) is 23.4 Å². The molecule has 0 unspecified atom stereocenters. The number of aromatic nitrogens is 1. The first-order valence-electron chi connectivity index (χ1n) is 8.76. The van der Waals surface area contributed by atoms with Crippen LogP contribution < -0.4 is 0 Å². The quantitative estimate of drug-likeness (QED) is 0.572. The molecule has 0 radical (unpaired) electrons. The molecule has 5 heteroatoms. The molecule has 1 N–H and O–H groups in total. The van der Waals surface area contributed by atoms with Crippen molar-refractivity contribution in [3.63, 3.8) is 0 Å². The maximum Gasteiger partial charge on any atom is 0.337 e. The molecule has 0 spiro atoms. The molecule has 0 aliphatic heterocycles. The first kappa shape index (κ1) is 18.9. The smallest absolute Gasteiger partial charge is 0.337 e. The predicted molar refractivity (Wildman–Crippen MR) is 110 cm³/mol. The van der Waals surface area contributed by atoms with Gasteiger partial charge >= 0.3 is 5.97 Å². The summed E-state index contributed by atoms with van der Waals surface area (Å²) in [4.78, 5) is 15.5. The average Bonchev–Trinajstić information content (AvgIpc) is 2.93. The third kappa shape index (κ3) is 3.81. The first-order chi connectivity index (χ1) is 12.9. The number of carbonyl (C=O) groups is 1. The van der Waals surface area contributed by atoms with Crippen LogP contribution >= 0.6 is 11.6 Å². The average molecular weight is 381 g/mol. The third-order valence-electron chi connectivity index (χ3n) is 4.62. The van der Waals surface area contributed by atoms with Crippen LogP contribution in [0.3, 0.4) is 0 Å². The number of aromatic carboxylic acids is 1. The molecule has 1 heterocycles. The third-order valence-corrected chi connectivity index (χ3v) is 4.93. The highest BCUT2D eigenvalue weighted by atomic mass is 35.5. The lowest BCUT2D eigenvalue weighted by atomic mass is 10.1. The zero-order valence-electron chi connectivity index (χ0n) is 15.5. The Hall–Kier alpha value is -2.85. The van der Waals surface area contributed by atoms with Crippen LogP contribution in [0, 0.1) is 13.8 Å². The highest BCUT2D eigenvalue weighted by molar-refractivity contribution is 6.33. The summed E-state index contributed by atoms with van der Waals surface area (Å²) in [5.41, 5.74) is 6.41. The summed E-state index contributed by atoms with van der Waals surface area (Å²) in [7, 11) is 0. The van der Waals surface area contributed by atoms with Crippen LogP contribution in [0.2, 0.25) is 5.02 Å². The number of benzene rings is 2. The van der Waals surface area contributed by atoms with Crippen molar-refractivity contribution in [2.75, 3.05) is 0 Å². The lowest BCUT2D eigenvalue weighted by Gasteiger charge is -2.13. The van der Waals surface area contributed by atoms with Crippen molar-refractivity contribution in [1.82, 2.24) is 4.57 Å². The number of aryl methyl sites for hydroxylation is 2. The van der Waals surface area contributed by atoms with Gasteiger partial charge in [-0.25, -0.2) is 4.79 Å². The molecule has 4 nitrogen and oxygen atoms in total. The number of para-hydroxylation sites is 1. The molecular weight excluding hydrogens is 360 g/mol. The number of halogens is 1. The second-order valence-electron chi connectivity index (χ2n) is 6.37. The number of carboxylic acids is 1. The summed E-state index contributed by atoms with van der Waals surface area (Å²) < 4.78 is 2.24. The molecule has 0 aliphatic rings. The SMILES string of the molecule is CCc1ccccc1-n1c(C)cc(C=Nc2ccc(C(=O)O)c(Cl)c2)c1C. The van der Waals surface area contributed by atoms with Crippen LogP contribution in [0.4, 0.5) is 5.69 Å². The minimum absolute atomic E-state index is 0.0740. The molecule has 27 heavy (non-hydrogen) atoms. The number of rotatable bonds is 5. The van der Waals surface area contributed by atoms with E-state index in [1.54, 1.807) is 18.3 Å². The molecular formula is C22H21ClN2O2. The van der Waals surface area contributed by atoms with Gasteiger partial charge in [0.05, 0.1) is 16.3 Å². The Bertz CT molecular complexity index is 1030. The Morgan fingerprint density at radius 3 is 2.59 bits per heavy atom. The Kier molecular flexibility index (Phi) is 5.47. The van der Waals surface area contributed by atoms with Crippen LogP contribution in [0.5, 0.6) is 0 Å². The zero-order valence-corrected chi connectivity index (χ0v) is 16.3. The van der Waals surface area contributed by atoms with Gasteiger partial charge in [-0.15, -0.1) is 0 Å². The van der Waals surface area contributed by atoms with E-state index in [1.165, 1.54) is 17.3 Å². The fourth-order valence-corrected chi connectivity index (χ4v) is 3.47. The maximum absolute atomic E-state index is 11.1. The largest absolute Gasteiger partial charge is 0.478 e. The number of aliphatic imine (C=N–C) groups is 1. The van der Waals surface area contributed by atoms with Crippen molar-refractivity contribution in [3.8, 4) is 5.69 Å². The zero-order chi connectivity index (χ0) is 19.6. The Morgan fingerprint density at radius 2 is 1.93 bits per heavy atom. The number of hydrogen-bond donors (Lipinski definition) is 1. The molecule has 1 aromatic heterocycles. The minimum atomic E-state index is -1.05. The van der Waals surface area contributed by atoms with Gasteiger partial charge in [0.2, 0.25) is 0 Å². The number of carboxylic acid groups (broad SMARTS) is 1. The predicted octanol–water partition coefficient (Wildman–Crippen LogP) is 5.76. The second-order valence-corrected chi connectivity index (χ2v) is 6.78. The van der Waals surface area contributed by atoms with Crippen LogP contribution in [-0.4, -0.2) is 21.9 Å². The van der Waals surface area contributed by atoms with E-state index in [9.17, 15) is 4.79 Å². The highest BCUT2D eigenvalue weighted by Crippen LogP contribution is 2.25. The molecule has 0 fully saturated rings. The molecule has 0 saturated carbocycles. The van der Waals surface area contributed by atoms with E-state index in [0.29, 0.717) is 5.69 Å². The van der Waals surface area contributed by atoms with E-state index in [1.807, 2.05) is 6.07 Å². The number of hydrogen-bond acceptors (Lipinski definition) is 2. The van der Waals surface area contributed by atoms with Crippen molar-refractivity contribution in [3.05, 3.63) is 81.6 Å². The van der Waals surface area contributed by atoms with Gasteiger partial charge in [-0.3, -0.25) is 4.99 Å². The van der Waals surface area contributed by atoms with Crippen LogP contribution in [0.15, 0.2) is 53.5 Å².